The third-order valence-electron chi connectivity index (χ3n) is 3.37. The molecule has 0 spiro atoms. The van der Waals surface area contributed by atoms with E-state index in [2.05, 4.69) is 11.8 Å². The first-order valence-corrected chi connectivity index (χ1v) is 6.48. The van der Waals surface area contributed by atoms with Gasteiger partial charge in [-0.15, -0.1) is 0 Å². The number of nitrogens with zero attached hydrogens (tertiary/aromatic N) is 1. The summed E-state index contributed by atoms with van der Waals surface area (Å²) in [6.45, 7) is 0.165. The molecule has 106 valence electrons. The normalized spacial score (nSPS) is 17.8. The lowest BCUT2D eigenvalue weighted by molar-refractivity contribution is 0.0677. The molecule has 20 heavy (non-hydrogen) atoms. The van der Waals surface area contributed by atoms with E-state index in [0.717, 1.165) is 18.9 Å². The number of carbonyl (C=O) groups is 1. The molecular formula is C15H16FNO3. The van der Waals surface area contributed by atoms with E-state index in [1.165, 1.54) is 12.1 Å². The Morgan fingerprint density at radius 2 is 2.25 bits per heavy atom. The molecule has 1 atom stereocenters. The van der Waals surface area contributed by atoms with Gasteiger partial charge >= 0.3 is 0 Å². The van der Waals surface area contributed by atoms with Crippen molar-refractivity contribution in [2.24, 2.45) is 0 Å². The van der Waals surface area contributed by atoms with Crippen molar-refractivity contribution in [2.75, 3.05) is 19.8 Å². The summed E-state index contributed by atoms with van der Waals surface area (Å²) >= 11 is 0. The summed E-state index contributed by atoms with van der Waals surface area (Å²) in [5, 5.41) is 17.8. The van der Waals surface area contributed by atoms with Gasteiger partial charge in [0.2, 0.25) is 0 Å². The van der Waals surface area contributed by atoms with E-state index in [0.29, 0.717) is 6.54 Å². The van der Waals surface area contributed by atoms with Gasteiger partial charge in [-0.1, -0.05) is 11.8 Å². The van der Waals surface area contributed by atoms with Crippen LogP contribution >= 0.6 is 0 Å². The molecule has 4 nitrogen and oxygen atoms in total. The lowest BCUT2D eigenvalue weighted by Crippen LogP contribution is -2.37. The highest BCUT2D eigenvalue weighted by Gasteiger charge is 2.28. The van der Waals surface area contributed by atoms with Crippen molar-refractivity contribution in [1.82, 2.24) is 4.90 Å². The van der Waals surface area contributed by atoms with Gasteiger partial charge in [-0.05, 0) is 31.0 Å². The Balaban J connectivity index is 2.21. The Kier molecular flexibility index (Phi) is 4.72. The van der Waals surface area contributed by atoms with Crippen molar-refractivity contribution in [3.8, 4) is 11.8 Å². The zero-order valence-electron chi connectivity index (χ0n) is 11.0. The fourth-order valence-electron chi connectivity index (χ4n) is 2.34. The molecule has 1 aromatic carbocycles. The summed E-state index contributed by atoms with van der Waals surface area (Å²) < 4.78 is 13.8. The molecule has 1 aliphatic rings. The first-order valence-electron chi connectivity index (χ1n) is 6.48. The molecule has 1 aromatic rings. The summed E-state index contributed by atoms with van der Waals surface area (Å²) in [5.41, 5.74) is 0.396. The fraction of sp³-hybridized carbons (Fsp3) is 0.400. The van der Waals surface area contributed by atoms with Gasteiger partial charge in [-0.3, -0.25) is 4.79 Å². The van der Waals surface area contributed by atoms with Crippen molar-refractivity contribution >= 4 is 5.91 Å². The van der Waals surface area contributed by atoms with Crippen LogP contribution in [0.25, 0.3) is 0 Å². The van der Waals surface area contributed by atoms with Crippen LogP contribution in [0.4, 0.5) is 4.39 Å². The van der Waals surface area contributed by atoms with E-state index in [-0.39, 0.29) is 36.3 Å². The zero-order chi connectivity index (χ0) is 14.5. The van der Waals surface area contributed by atoms with Crippen LogP contribution in [0, 0.1) is 17.7 Å². The number of amides is 1. The molecule has 2 rings (SSSR count). The molecular weight excluding hydrogens is 261 g/mol. The number of likely N-dealkylation sites (tertiary alicyclic amines) is 1. The Bertz CT molecular complexity index is 562. The van der Waals surface area contributed by atoms with Crippen LogP contribution < -0.4 is 0 Å². The average Bonchev–Trinajstić information content (AvgIpc) is 2.93. The third kappa shape index (κ3) is 2.98. The molecule has 1 aliphatic heterocycles. The Hall–Kier alpha value is -1.90. The average molecular weight is 277 g/mol. The Morgan fingerprint density at radius 1 is 1.45 bits per heavy atom. The van der Waals surface area contributed by atoms with Crippen molar-refractivity contribution < 1.29 is 19.4 Å². The van der Waals surface area contributed by atoms with Gasteiger partial charge in [0.1, 0.15) is 12.4 Å². The monoisotopic (exact) mass is 277 g/mol. The Labute approximate surface area is 116 Å². The van der Waals surface area contributed by atoms with E-state index < -0.39 is 5.82 Å². The second-order valence-corrected chi connectivity index (χ2v) is 4.63. The predicted octanol–water partition coefficient (Wildman–Crippen LogP) is 0.766. The van der Waals surface area contributed by atoms with Crippen LogP contribution in [0.1, 0.15) is 28.8 Å². The lowest BCUT2D eigenvalue weighted by atomic mass is 10.1. The van der Waals surface area contributed by atoms with E-state index in [1.807, 2.05) is 0 Å². The smallest absolute Gasteiger partial charge is 0.254 e. The molecule has 1 amide bonds. The molecule has 2 N–H and O–H groups in total. The number of carbonyl (C=O) groups excluding carboxylic acids is 1. The second kappa shape index (κ2) is 6.51. The number of hydrogen-bond acceptors (Lipinski definition) is 3. The molecule has 1 unspecified atom stereocenters. The number of halogens is 1. The summed E-state index contributed by atoms with van der Waals surface area (Å²) in [5.74, 6) is 3.98. The van der Waals surface area contributed by atoms with Crippen molar-refractivity contribution in [2.45, 2.75) is 18.9 Å². The summed E-state index contributed by atoms with van der Waals surface area (Å²) in [4.78, 5) is 13.8. The van der Waals surface area contributed by atoms with Gasteiger partial charge in [0.25, 0.3) is 5.91 Å². The first-order chi connectivity index (χ1) is 9.67. The van der Waals surface area contributed by atoms with Gasteiger partial charge in [0.15, 0.2) is 0 Å². The topological polar surface area (TPSA) is 60.8 Å². The van der Waals surface area contributed by atoms with Crippen molar-refractivity contribution in [3.63, 3.8) is 0 Å². The fourth-order valence-corrected chi connectivity index (χ4v) is 2.34. The summed E-state index contributed by atoms with van der Waals surface area (Å²) in [6.07, 6.45) is 1.62. The standard InChI is InChI=1S/C15H16FNO3/c16-14-9-12(6-5-11(14)3-2-8-18)15(20)17-7-1-4-13(17)10-19/h5-6,9,13,18-19H,1,4,7-8,10H2. The minimum absolute atomic E-state index is 0.0751. The molecule has 1 fully saturated rings. The van der Waals surface area contributed by atoms with Crippen LogP contribution in [0.5, 0.6) is 0 Å². The summed E-state index contributed by atoms with van der Waals surface area (Å²) in [6, 6.07) is 3.91. The van der Waals surface area contributed by atoms with Crippen LogP contribution in [0.15, 0.2) is 18.2 Å². The van der Waals surface area contributed by atoms with E-state index in [1.54, 1.807) is 4.90 Å². The second-order valence-electron chi connectivity index (χ2n) is 4.63. The van der Waals surface area contributed by atoms with Crippen molar-refractivity contribution in [1.29, 1.82) is 0 Å². The molecule has 1 heterocycles. The number of benzene rings is 1. The number of rotatable bonds is 2. The predicted molar refractivity (Wildman–Crippen MR) is 71.5 cm³/mol. The van der Waals surface area contributed by atoms with Gasteiger partial charge in [0.05, 0.1) is 18.2 Å². The van der Waals surface area contributed by atoms with E-state index in [9.17, 15) is 14.3 Å². The third-order valence-corrected chi connectivity index (χ3v) is 3.37. The number of aliphatic hydroxyl groups is 2. The summed E-state index contributed by atoms with van der Waals surface area (Å²) in [7, 11) is 0. The molecule has 0 saturated carbocycles. The number of aliphatic hydroxyl groups excluding tert-OH is 2. The highest BCUT2D eigenvalue weighted by molar-refractivity contribution is 5.94. The maximum atomic E-state index is 13.8. The van der Waals surface area contributed by atoms with Gasteiger partial charge in [-0.25, -0.2) is 4.39 Å². The SMILES string of the molecule is O=C(c1ccc(C#CCO)c(F)c1)N1CCCC1CO. The highest BCUT2D eigenvalue weighted by atomic mass is 19.1. The van der Waals surface area contributed by atoms with Crippen LogP contribution in [-0.4, -0.2) is 46.8 Å². The van der Waals surface area contributed by atoms with Crippen LogP contribution in [0.3, 0.4) is 0 Å². The van der Waals surface area contributed by atoms with Gasteiger partial charge < -0.3 is 15.1 Å². The molecule has 5 heteroatoms. The molecule has 0 aliphatic carbocycles. The van der Waals surface area contributed by atoms with Gasteiger partial charge in [0, 0.05) is 12.1 Å². The number of hydrogen-bond donors (Lipinski definition) is 2. The highest BCUT2D eigenvalue weighted by Crippen LogP contribution is 2.20. The minimum Gasteiger partial charge on any atom is -0.394 e. The minimum atomic E-state index is -0.587. The lowest BCUT2D eigenvalue weighted by Gasteiger charge is -2.23. The molecule has 0 radical (unpaired) electrons. The van der Waals surface area contributed by atoms with Crippen LogP contribution in [-0.2, 0) is 0 Å². The maximum Gasteiger partial charge on any atom is 0.254 e. The quantitative estimate of drug-likeness (QED) is 0.785. The molecule has 0 bridgehead atoms. The maximum absolute atomic E-state index is 13.8. The largest absolute Gasteiger partial charge is 0.394 e. The van der Waals surface area contributed by atoms with Gasteiger partial charge in [-0.2, -0.15) is 0 Å². The first kappa shape index (κ1) is 14.5. The zero-order valence-corrected chi connectivity index (χ0v) is 11.0. The van der Waals surface area contributed by atoms with E-state index >= 15 is 0 Å². The Morgan fingerprint density at radius 3 is 2.90 bits per heavy atom. The van der Waals surface area contributed by atoms with Crippen LogP contribution in [0.2, 0.25) is 0 Å². The van der Waals surface area contributed by atoms with Crippen molar-refractivity contribution in [3.05, 3.63) is 35.1 Å². The molecule has 1 saturated heterocycles. The van der Waals surface area contributed by atoms with E-state index in [4.69, 9.17) is 5.11 Å². The molecule has 0 aromatic heterocycles.